The Labute approximate surface area is 124 Å². The summed E-state index contributed by atoms with van der Waals surface area (Å²) in [6.07, 6.45) is 2.87. The second-order valence-corrected chi connectivity index (χ2v) is 6.20. The largest absolute Gasteiger partial charge is 0.454 e. The third-order valence-electron chi connectivity index (χ3n) is 3.76. The maximum atomic E-state index is 5.66. The Balaban J connectivity index is 1.55. The summed E-state index contributed by atoms with van der Waals surface area (Å²) in [5.74, 6) is 3.82. The molecule has 1 N–H and O–H groups in total. The van der Waals surface area contributed by atoms with Gasteiger partial charge in [-0.1, -0.05) is 6.07 Å². The van der Waals surface area contributed by atoms with Crippen LogP contribution in [0, 0.1) is 0 Å². The van der Waals surface area contributed by atoms with E-state index in [-0.39, 0.29) is 0 Å². The quantitative estimate of drug-likeness (QED) is 0.873. The van der Waals surface area contributed by atoms with E-state index in [2.05, 4.69) is 17.4 Å². The number of hydrogen-bond acceptors (Lipinski definition) is 5. The van der Waals surface area contributed by atoms with Gasteiger partial charge in [-0.3, -0.25) is 0 Å². The first-order valence-electron chi connectivity index (χ1n) is 7.13. The number of benzene rings is 1. The van der Waals surface area contributed by atoms with Crippen LogP contribution in [-0.2, 0) is 4.74 Å². The van der Waals surface area contributed by atoms with E-state index in [9.17, 15) is 0 Å². The van der Waals surface area contributed by atoms with Gasteiger partial charge in [-0.25, -0.2) is 0 Å². The molecular weight excluding hydrogens is 274 g/mol. The maximum Gasteiger partial charge on any atom is 0.231 e. The highest BCUT2D eigenvalue weighted by atomic mass is 32.2. The monoisotopic (exact) mass is 295 g/mol. The van der Waals surface area contributed by atoms with Crippen LogP contribution in [0.3, 0.4) is 0 Å². The Hall–Kier alpha value is -0.910. The summed E-state index contributed by atoms with van der Waals surface area (Å²) in [5, 5.41) is 3.38. The minimum absolute atomic E-state index is 0.330. The van der Waals surface area contributed by atoms with Crippen molar-refractivity contribution in [2.45, 2.75) is 25.0 Å². The molecule has 5 heteroatoms. The van der Waals surface area contributed by atoms with Gasteiger partial charge in [0.2, 0.25) is 6.79 Å². The van der Waals surface area contributed by atoms with Crippen LogP contribution in [0.15, 0.2) is 18.2 Å². The Morgan fingerprint density at radius 3 is 3.05 bits per heavy atom. The van der Waals surface area contributed by atoms with Crippen LogP contribution < -0.4 is 14.8 Å². The molecule has 0 radical (unpaired) electrons. The summed E-state index contributed by atoms with van der Waals surface area (Å²) >= 11 is 1.95. The van der Waals surface area contributed by atoms with E-state index in [0.717, 1.165) is 29.6 Å². The second kappa shape index (κ2) is 6.70. The van der Waals surface area contributed by atoms with Gasteiger partial charge < -0.3 is 19.5 Å². The van der Waals surface area contributed by atoms with Gasteiger partial charge in [-0.05, 0) is 37.6 Å². The maximum absolute atomic E-state index is 5.66. The molecule has 3 rings (SSSR count). The third kappa shape index (κ3) is 3.22. The van der Waals surface area contributed by atoms with E-state index in [1.165, 1.54) is 18.4 Å². The van der Waals surface area contributed by atoms with Gasteiger partial charge in [0.1, 0.15) is 0 Å². The molecule has 20 heavy (non-hydrogen) atoms. The number of rotatable bonds is 6. The van der Waals surface area contributed by atoms with Crippen molar-refractivity contribution in [1.29, 1.82) is 0 Å². The SMILES string of the molecule is CNC(CSCC1CCCO1)c1ccc2c(c1)OCO2. The normalized spacial score (nSPS) is 22.1. The smallest absolute Gasteiger partial charge is 0.231 e. The van der Waals surface area contributed by atoms with Gasteiger partial charge in [0.05, 0.1) is 6.10 Å². The molecule has 2 atom stereocenters. The van der Waals surface area contributed by atoms with E-state index in [4.69, 9.17) is 14.2 Å². The standard InChI is InChI=1S/C15H21NO3S/c1-16-13(9-20-8-12-3-2-6-17-12)11-4-5-14-15(7-11)19-10-18-14/h4-5,7,12-13,16H,2-3,6,8-10H2,1H3. The summed E-state index contributed by atoms with van der Waals surface area (Å²) in [5.41, 5.74) is 1.25. The molecule has 0 spiro atoms. The molecule has 0 saturated carbocycles. The molecule has 110 valence electrons. The van der Waals surface area contributed by atoms with Gasteiger partial charge in [-0.15, -0.1) is 0 Å². The number of hydrogen-bond donors (Lipinski definition) is 1. The van der Waals surface area contributed by atoms with Gasteiger partial charge in [0.15, 0.2) is 11.5 Å². The van der Waals surface area contributed by atoms with Crippen molar-refractivity contribution in [3.05, 3.63) is 23.8 Å². The van der Waals surface area contributed by atoms with Gasteiger partial charge in [-0.2, -0.15) is 11.8 Å². The lowest BCUT2D eigenvalue weighted by Crippen LogP contribution is -2.20. The highest BCUT2D eigenvalue weighted by molar-refractivity contribution is 7.99. The second-order valence-electron chi connectivity index (χ2n) is 5.13. The van der Waals surface area contributed by atoms with Crippen molar-refractivity contribution in [1.82, 2.24) is 5.32 Å². The van der Waals surface area contributed by atoms with E-state index in [1.807, 2.05) is 24.9 Å². The minimum Gasteiger partial charge on any atom is -0.454 e. The fourth-order valence-corrected chi connectivity index (χ4v) is 3.83. The average molecular weight is 295 g/mol. The fraction of sp³-hybridized carbons (Fsp3) is 0.600. The summed E-state index contributed by atoms with van der Waals surface area (Å²) in [4.78, 5) is 0. The number of nitrogens with one attached hydrogen (secondary N) is 1. The fourth-order valence-electron chi connectivity index (χ4n) is 2.57. The van der Waals surface area contributed by atoms with Crippen LogP contribution in [0.4, 0.5) is 0 Å². The van der Waals surface area contributed by atoms with Crippen molar-refractivity contribution in [3.8, 4) is 11.5 Å². The lowest BCUT2D eigenvalue weighted by atomic mass is 10.1. The first kappa shape index (κ1) is 14.0. The minimum atomic E-state index is 0.330. The van der Waals surface area contributed by atoms with Crippen LogP contribution in [0.2, 0.25) is 0 Å². The molecule has 1 fully saturated rings. The Kier molecular flexibility index (Phi) is 4.70. The first-order chi connectivity index (χ1) is 9.86. The number of thioether (sulfide) groups is 1. The Morgan fingerprint density at radius 1 is 1.35 bits per heavy atom. The molecule has 2 aliphatic rings. The zero-order valence-electron chi connectivity index (χ0n) is 11.8. The predicted octanol–water partition coefficient (Wildman–Crippen LogP) is 2.59. The topological polar surface area (TPSA) is 39.7 Å². The third-order valence-corrected chi connectivity index (χ3v) is 4.94. The summed E-state index contributed by atoms with van der Waals surface area (Å²) in [7, 11) is 2.00. The molecule has 2 unspecified atom stereocenters. The van der Waals surface area contributed by atoms with Gasteiger partial charge >= 0.3 is 0 Å². The molecular formula is C15H21NO3S. The van der Waals surface area contributed by atoms with Crippen LogP contribution in [-0.4, -0.2) is 38.1 Å². The van der Waals surface area contributed by atoms with E-state index in [0.29, 0.717) is 18.9 Å². The number of ether oxygens (including phenoxy) is 3. The van der Waals surface area contributed by atoms with Crippen LogP contribution in [0.5, 0.6) is 11.5 Å². The lowest BCUT2D eigenvalue weighted by Gasteiger charge is -2.18. The van der Waals surface area contributed by atoms with Crippen LogP contribution in [0.1, 0.15) is 24.4 Å². The Bertz CT molecular complexity index is 449. The molecule has 0 aliphatic carbocycles. The van der Waals surface area contributed by atoms with Crippen molar-refractivity contribution in [2.24, 2.45) is 0 Å². The highest BCUT2D eigenvalue weighted by Gasteiger charge is 2.19. The van der Waals surface area contributed by atoms with Crippen molar-refractivity contribution in [3.63, 3.8) is 0 Å². The molecule has 1 aromatic rings. The highest BCUT2D eigenvalue weighted by Crippen LogP contribution is 2.34. The molecule has 2 aliphatic heterocycles. The zero-order valence-corrected chi connectivity index (χ0v) is 12.6. The molecule has 0 aromatic heterocycles. The first-order valence-corrected chi connectivity index (χ1v) is 8.28. The Morgan fingerprint density at radius 2 is 2.25 bits per heavy atom. The number of fused-ring (bicyclic) bond motifs is 1. The van der Waals surface area contributed by atoms with Crippen molar-refractivity contribution < 1.29 is 14.2 Å². The predicted molar refractivity (Wildman–Crippen MR) is 80.7 cm³/mol. The molecule has 1 aromatic carbocycles. The van der Waals surface area contributed by atoms with E-state index < -0.39 is 0 Å². The molecule has 1 saturated heterocycles. The summed E-state index contributed by atoms with van der Waals surface area (Å²) < 4.78 is 16.5. The van der Waals surface area contributed by atoms with E-state index in [1.54, 1.807) is 0 Å². The van der Waals surface area contributed by atoms with Crippen LogP contribution in [0.25, 0.3) is 0 Å². The molecule has 0 amide bonds. The summed E-state index contributed by atoms with van der Waals surface area (Å²) in [6, 6.07) is 6.51. The molecule has 4 nitrogen and oxygen atoms in total. The summed E-state index contributed by atoms with van der Waals surface area (Å²) in [6.45, 7) is 1.26. The van der Waals surface area contributed by atoms with Gasteiger partial charge in [0.25, 0.3) is 0 Å². The van der Waals surface area contributed by atoms with Crippen LogP contribution >= 0.6 is 11.8 Å². The average Bonchev–Trinajstić information content (AvgIpc) is 3.13. The zero-order chi connectivity index (χ0) is 13.8. The van der Waals surface area contributed by atoms with Crippen molar-refractivity contribution >= 4 is 11.8 Å². The molecule has 2 heterocycles. The molecule has 0 bridgehead atoms. The van der Waals surface area contributed by atoms with Crippen molar-refractivity contribution in [2.75, 3.05) is 32.0 Å². The van der Waals surface area contributed by atoms with Gasteiger partial charge in [0, 0.05) is 24.2 Å². The lowest BCUT2D eigenvalue weighted by molar-refractivity contribution is 0.129. The van der Waals surface area contributed by atoms with E-state index >= 15 is 0 Å².